The van der Waals surface area contributed by atoms with Crippen molar-refractivity contribution in [3.05, 3.63) is 28.2 Å². The molecule has 1 amide bonds. The van der Waals surface area contributed by atoms with Gasteiger partial charge < -0.3 is 15.2 Å². The lowest BCUT2D eigenvalue weighted by Gasteiger charge is -2.32. The van der Waals surface area contributed by atoms with E-state index in [2.05, 4.69) is 5.32 Å². The highest BCUT2D eigenvalue weighted by Gasteiger charge is 2.35. The molecule has 1 aliphatic rings. The first-order valence-electron chi connectivity index (χ1n) is 6.05. The van der Waals surface area contributed by atoms with Crippen molar-refractivity contribution in [3.63, 3.8) is 0 Å². The molecule has 0 aliphatic heterocycles. The van der Waals surface area contributed by atoms with E-state index in [1.165, 1.54) is 6.07 Å². The Kier molecular flexibility index (Phi) is 4.73. The maximum absolute atomic E-state index is 11.6. The zero-order chi connectivity index (χ0) is 14.7. The topological polar surface area (TPSA) is 75.6 Å². The number of amides is 1. The van der Waals surface area contributed by atoms with Gasteiger partial charge in [-0.3, -0.25) is 9.59 Å². The van der Waals surface area contributed by atoms with Gasteiger partial charge >= 0.3 is 5.97 Å². The molecule has 2 N–H and O–H groups in total. The summed E-state index contributed by atoms with van der Waals surface area (Å²) in [5, 5.41) is 12.3. The highest BCUT2D eigenvalue weighted by Crippen LogP contribution is 2.28. The van der Waals surface area contributed by atoms with Crippen LogP contribution < -0.4 is 10.1 Å². The number of ether oxygens (including phenoxy) is 1. The van der Waals surface area contributed by atoms with Crippen LogP contribution in [0.25, 0.3) is 0 Å². The van der Waals surface area contributed by atoms with E-state index in [4.69, 9.17) is 33.0 Å². The van der Waals surface area contributed by atoms with Gasteiger partial charge in [0.2, 0.25) is 0 Å². The number of hydrogen-bond acceptors (Lipinski definition) is 3. The van der Waals surface area contributed by atoms with Gasteiger partial charge in [-0.05, 0) is 31.0 Å². The molecule has 7 heteroatoms. The fourth-order valence-electron chi connectivity index (χ4n) is 1.94. The molecule has 5 nitrogen and oxygen atoms in total. The molecule has 0 atom stereocenters. The SMILES string of the molecule is O=C(COc1ccc(Cl)cc1Cl)NC1CC(C(=O)O)C1. The number of rotatable bonds is 5. The molecular weight excluding hydrogens is 305 g/mol. The van der Waals surface area contributed by atoms with Crippen LogP contribution in [0.2, 0.25) is 10.0 Å². The molecule has 0 radical (unpaired) electrons. The molecule has 20 heavy (non-hydrogen) atoms. The van der Waals surface area contributed by atoms with E-state index in [0.29, 0.717) is 28.6 Å². The number of aliphatic carboxylic acids is 1. The van der Waals surface area contributed by atoms with Crippen molar-refractivity contribution >= 4 is 35.1 Å². The van der Waals surface area contributed by atoms with Crippen LogP contribution in [0.1, 0.15) is 12.8 Å². The van der Waals surface area contributed by atoms with E-state index in [9.17, 15) is 9.59 Å². The van der Waals surface area contributed by atoms with Crippen molar-refractivity contribution in [2.45, 2.75) is 18.9 Å². The molecule has 2 rings (SSSR count). The molecular formula is C13H13Cl2NO4. The summed E-state index contributed by atoms with van der Waals surface area (Å²) >= 11 is 11.7. The Morgan fingerprint density at radius 2 is 2.05 bits per heavy atom. The monoisotopic (exact) mass is 317 g/mol. The minimum absolute atomic E-state index is 0.0899. The normalized spacial score (nSPS) is 20.9. The lowest BCUT2D eigenvalue weighted by Crippen LogP contribution is -2.48. The van der Waals surface area contributed by atoms with Crippen molar-refractivity contribution in [3.8, 4) is 5.75 Å². The van der Waals surface area contributed by atoms with Crippen LogP contribution in [0.5, 0.6) is 5.75 Å². The summed E-state index contributed by atoms with van der Waals surface area (Å²) in [7, 11) is 0. The molecule has 1 aromatic rings. The van der Waals surface area contributed by atoms with Crippen LogP contribution in [0.15, 0.2) is 18.2 Å². The summed E-state index contributed by atoms with van der Waals surface area (Å²) in [4.78, 5) is 22.2. The fraction of sp³-hybridized carbons (Fsp3) is 0.385. The number of carboxylic acid groups (broad SMARTS) is 1. The van der Waals surface area contributed by atoms with Gasteiger partial charge in [-0.15, -0.1) is 0 Å². The average molecular weight is 318 g/mol. The summed E-state index contributed by atoms with van der Waals surface area (Å²) in [6.45, 7) is -0.171. The Morgan fingerprint density at radius 3 is 2.65 bits per heavy atom. The van der Waals surface area contributed by atoms with Crippen molar-refractivity contribution in [1.29, 1.82) is 0 Å². The Bertz CT molecular complexity index is 529. The molecule has 1 saturated carbocycles. The van der Waals surface area contributed by atoms with E-state index in [1.54, 1.807) is 12.1 Å². The molecule has 1 aliphatic carbocycles. The number of halogens is 2. The Morgan fingerprint density at radius 1 is 1.35 bits per heavy atom. The minimum Gasteiger partial charge on any atom is -0.482 e. The Balaban J connectivity index is 1.74. The first kappa shape index (κ1) is 14.9. The maximum Gasteiger partial charge on any atom is 0.306 e. The van der Waals surface area contributed by atoms with Crippen molar-refractivity contribution in [1.82, 2.24) is 5.32 Å². The lowest BCUT2D eigenvalue weighted by molar-refractivity contribution is -0.146. The van der Waals surface area contributed by atoms with Crippen LogP contribution in [0.3, 0.4) is 0 Å². The fourth-order valence-corrected chi connectivity index (χ4v) is 2.41. The van der Waals surface area contributed by atoms with Gasteiger partial charge in [0, 0.05) is 11.1 Å². The van der Waals surface area contributed by atoms with E-state index in [1.807, 2.05) is 0 Å². The van der Waals surface area contributed by atoms with Crippen molar-refractivity contribution < 1.29 is 19.4 Å². The Labute approximate surface area is 125 Å². The molecule has 1 aromatic carbocycles. The zero-order valence-electron chi connectivity index (χ0n) is 10.4. The molecule has 0 bridgehead atoms. The first-order valence-corrected chi connectivity index (χ1v) is 6.81. The summed E-state index contributed by atoms with van der Waals surface area (Å²) in [5.41, 5.74) is 0. The van der Waals surface area contributed by atoms with Gasteiger partial charge in [0.05, 0.1) is 10.9 Å². The molecule has 108 valence electrons. The van der Waals surface area contributed by atoms with Gasteiger partial charge in [-0.1, -0.05) is 23.2 Å². The number of carbonyl (C=O) groups is 2. The summed E-state index contributed by atoms with van der Waals surface area (Å²) in [6.07, 6.45) is 0.922. The van der Waals surface area contributed by atoms with Crippen LogP contribution >= 0.6 is 23.2 Å². The molecule has 0 unspecified atom stereocenters. The third-order valence-corrected chi connectivity index (χ3v) is 3.64. The highest BCUT2D eigenvalue weighted by molar-refractivity contribution is 6.35. The number of carbonyl (C=O) groups excluding carboxylic acids is 1. The number of hydrogen-bond donors (Lipinski definition) is 2. The number of carboxylic acids is 1. The van der Waals surface area contributed by atoms with E-state index < -0.39 is 5.97 Å². The number of nitrogens with one attached hydrogen (secondary N) is 1. The van der Waals surface area contributed by atoms with Gasteiger partial charge in [-0.25, -0.2) is 0 Å². The predicted molar refractivity (Wildman–Crippen MR) is 74.2 cm³/mol. The average Bonchev–Trinajstić information content (AvgIpc) is 2.31. The van der Waals surface area contributed by atoms with Gasteiger partial charge in [0.25, 0.3) is 5.91 Å². The maximum atomic E-state index is 11.6. The molecule has 0 aromatic heterocycles. The molecule has 0 saturated heterocycles. The summed E-state index contributed by atoms with van der Waals surface area (Å²) in [5.74, 6) is -1.10. The van der Waals surface area contributed by atoms with Gasteiger partial charge in [0.15, 0.2) is 6.61 Å². The smallest absolute Gasteiger partial charge is 0.306 e. The van der Waals surface area contributed by atoms with Crippen molar-refractivity contribution in [2.24, 2.45) is 5.92 Å². The molecule has 0 spiro atoms. The summed E-state index contributed by atoms with van der Waals surface area (Å²) < 4.78 is 5.28. The van der Waals surface area contributed by atoms with Crippen LogP contribution in [-0.4, -0.2) is 29.6 Å². The van der Waals surface area contributed by atoms with E-state index >= 15 is 0 Å². The summed E-state index contributed by atoms with van der Waals surface area (Å²) in [6, 6.07) is 4.64. The first-order chi connectivity index (χ1) is 9.45. The molecule has 1 fully saturated rings. The van der Waals surface area contributed by atoms with E-state index in [0.717, 1.165) is 0 Å². The second-order valence-electron chi connectivity index (χ2n) is 4.63. The second-order valence-corrected chi connectivity index (χ2v) is 5.48. The Hall–Kier alpha value is -1.46. The number of benzene rings is 1. The van der Waals surface area contributed by atoms with Gasteiger partial charge in [0.1, 0.15) is 5.75 Å². The third-order valence-electron chi connectivity index (χ3n) is 3.11. The van der Waals surface area contributed by atoms with Crippen molar-refractivity contribution in [2.75, 3.05) is 6.61 Å². The quantitative estimate of drug-likeness (QED) is 0.874. The lowest BCUT2D eigenvalue weighted by atomic mass is 9.80. The van der Waals surface area contributed by atoms with Crippen LogP contribution in [-0.2, 0) is 9.59 Å². The second kappa shape index (κ2) is 6.33. The predicted octanol–water partition coefficient (Wildman–Crippen LogP) is 2.35. The highest BCUT2D eigenvalue weighted by atomic mass is 35.5. The van der Waals surface area contributed by atoms with Crippen LogP contribution in [0, 0.1) is 5.92 Å². The largest absolute Gasteiger partial charge is 0.482 e. The standard InChI is InChI=1S/C13H13Cl2NO4/c14-8-1-2-11(10(15)5-8)20-6-12(17)16-9-3-7(4-9)13(18)19/h1-2,5,7,9H,3-4,6H2,(H,16,17)(H,18,19). The molecule has 0 heterocycles. The van der Waals surface area contributed by atoms with E-state index in [-0.39, 0.29) is 24.5 Å². The van der Waals surface area contributed by atoms with Gasteiger partial charge in [-0.2, -0.15) is 0 Å². The minimum atomic E-state index is -0.820. The van der Waals surface area contributed by atoms with Crippen LogP contribution in [0.4, 0.5) is 0 Å². The zero-order valence-corrected chi connectivity index (χ0v) is 11.9. The third kappa shape index (κ3) is 3.77.